The Bertz CT molecular complexity index is 670. The molecule has 1 heterocycles. The number of nitrogens with zero attached hydrogens (tertiary/aromatic N) is 1. The molecule has 24 heavy (non-hydrogen) atoms. The molecule has 1 atom stereocenters. The van der Waals surface area contributed by atoms with Gasteiger partial charge in [-0.3, -0.25) is 9.59 Å². The molecule has 2 rings (SSSR count). The number of methoxy groups -OCH3 is 1. The number of hydrogen-bond donors (Lipinski definition) is 2. The highest BCUT2D eigenvalue weighted by Crippen LogP contribution is 2.40. The van der Waals surface area contributed by atoms with E-state index in [-0.39, 0.29) is 30.3 Å². The van der Waals surface area contributed by atoms with Gasteiger partial charge < -0.3 is 19.8 Å². The van der Waals surface area contributed by atoms with Gasteiger partial charge in [0, 0.05) is 19.1 Å². The number of ketones is 1. The van der Waals surface area contributed by atoms with Crippen molar-refractivity contribution in [3.8, 4) is 5.75 Å². The average Bonchev–Trinajstić information content (AvgIpc) is 2.76. The molecular weight excluding hydrogens is 310 g/mol. The summed E-state index contributed by atoms with van der Waals surface area (Å²) in [6.45, 7) is 5.75. The van der Waals surface area contributed by atoms with Crippen LogP contribution < -0.4 is 0 Å². The SMILES string of the molecule is COCCN1C(=O)C(O)=C(C(=O)C(C)(C)C)C1c1ccc(O)cc1. The second-order valence-electron chi connectivity index (χ2n) is 6.83. The minimum atomic E-state index is -0.740. The van der Waals surface area contributed by atoms with E-state index < -0.39 is 23.1 Å². The predicted molar refractivity (Wildman–Crippen MR) is 88.6 cm³/mol. The van der Waals surface area contributed by atoms with E-state index >= 15 is 0 Å². The van der Waals surface area contributed by atoms with Crippen LogP contribution >= 0.6 is 0 Å². The summed E-state index contributed by atoms with van der Waals surface area (Å²) in [5, 5.41) is 19.8. The van der Waals surface area contributed by atoms with E-state index in [2.05, 4.69) is 0 Å². The molecule has 1 aliphatic heterocycles. The minimum Gasteiger partial charge on any atom is -0.508 e. The monoisotopic (exact) mass is 333 g/mol. The number of phenols is 1. The molecule has 1 aliphatic rings. The number of amides is 1. The van der Waals surface area contributed by atoms with Crippen molar-refractivity contribution in [2.24, 2.45) is 5.41 Å². The molecule has 0 aliphatic carbocycles. The first-order valence-corrected chi connectivity index (χ1v) is 7.75. The van der Waals surface area contributed by atoms with Crippen LogP contribution in [0, 0.1) is 5.41 Å². The Morgan fingerprint density at radius 1 is 1.21 bits per heavy atom. The second kappa shape index (κ2) is 6.65. The summed E-state index contributed by atoms with van der Waals surface area (Å²) in [4.78, 5) is 26.7. The number of rotatable bonds is 5. The highest BCUT2D eigenvalue weighted by Gasteiger charge is 2.45. The molecule has 0 radical (unpaired) electrons. The Morgan fingerprint density at radius 2 is 1.79 bits per heavy atom. The third kappa shape index (κ3) is 3.28. The molecule has 2 N–H and O–H groups in total. The Balaban J connectivity index is 2.53. The lowest BCUT2D eigenvalue weighted by atomic mass is 9.82. The molecule has 0 saturated heterocycles. The van der Waals surface area contributed by atoms with Gasteiger partial charge in [0.1, 0.15) is 5.75 Å². The van der Waals surface area contributed by atoms with Gasteiger partial charge in [-0.25, -0.2) is 0 Å². The van der Waals surface area contributed by atoms with Gasteiger partial charge in [0.05, 0.1) is 18.2 Å². The standard InChI is InChI=1S/C18H23NO5/c1-18(2,3)16(22)13-14(11-5-7-12(20)8-6-11)19(9-10-24-4)17(23)15(13)21/h5-8,14,20-21H,9-10H2,1-4H3. The molecule has 1 aromatic carbocycles. The van der Waals surface area contributed by atoms with Crippen molar-refractivity contribution in [2.45, 2.75) is 26.8 Å². The fourth-order valence-electron chi connectivity index (χ4n) is 2.71. The molecular formula is C18H23NO5. The largest absolute Gasteiger partial charge is 0.508 e. The number of benzene rings is 1. The summed E-state index contributed by atoms with van der Waals surface area (Å²) in [5.74, 6) is -1.29. The van der Waals surface area contributed by atoms with Crippen LogP contribution in [0.4, 0.5) is 0 Å². The van der Waals surface area contributed by atoms with Gasteiger partial charge in [-0.1, -0.05) is 32.9 Å². The Kier molecular flexibility index (Phi) is 4.99. The molecule has 0 bridgehead atoms. The van der Waals surface area contributed by atoms with Crippen LogP contribution in [0.25, 0.3) is 0 Å². The van der Waals surface area contributed by atoms with E-state index in [1.54, 1.807) is 32.9 Å². The maximum atomic E-state index is 12.8. The summed E-state index contributed by atoms with van der Waals surface area (Å²) in [6.07, 6.45) is 0. The van der Waals surface area contributed by atoms with Crippen LogP contribution in [0.3, 0.4) is 0 Å². The molecule has 0 aromatic heterocycles. The molecule has 0 saturated carbocycles. The van der Waals surface area contributed by atoms with Gasteiger partial charge >= 0.3 is 0 Å². The number of carbonyl (C=O) groups excluding carboxylic acids is 2. The van der Waals surface area contributed by atoms with E-state index in [1.807, 2.05) is 0 Å². The number of aliphatic hydroxyl groups is 1. The fourth-order valence-corrected chi connectivity index (χ4v) is 2.71. The van der Waals surface area contributed by atoms with E-state index in [0.717, 1.165) is 0 Å². The first-order valence-electron chi connectivity index (χ1n) is 7.75. The van der Waals surface area contributed by atoms with E-state index in [9.17, 15) is 19.8 Å². The van der Waals surface area contributed by atoms with Crippen molar-refractivity contribution >= 4 is 11.7 Å². The molecule has 6 heteroatoms. The summed E-state index contributed by atoms with van der Waals surface area (Å²) in [6, 6.07) is 5.56. The molecule has 1 amide bonds. The van der Waals surface area contributed by atoms with Crippen molar-refractivity contribution in [1.82, 2.24) is 4.90 Å². The van der Waals surface area contributed by atoms with Gasteiger partial charge in [-0.05, 0) is 17.7 Å². The third-order valence-electron chi connectivity index (χ3n) is 3.97. The van der Waals surface area contributed by atoms with Gasteiger partial charge in [0.2, 0.25) is 0 Å². The first-order chi connectivity index (χ1) is 11.2. The van der Waals surface area contributed by atoms with E-state index in [0.29, 0.717) is 5.56 Å². The van der Waals surface area contributed by atoms with Crippen LogP contribution in [0.5, 0.6) is 5.75 Å². The minimum absolute atomic E-state index is 0.0865. The molecule has 0 fully saturated rings. The van der Waals surface area contributed by atoms with Crippen LogP contribution in [-0.2, 0) is 14.3 Å². The van der Waals surface area contributed by atoms with Crippen molar-refractivity contribution in [3.05, 3.63) is 41.2 Å². The molecule has 0 spiro atoms. The average molecular weight is 333 g/mol. The smallest absolute Gasteiger partial charge is 0.290 e. The van der Waals surface area contributed by atoms with Crippen molar-refractivity contribution < 1.29 is 24.5 Å². The maximum Gasteiger partial charge on any atom is 0.290 e. The van der Waals surface area contributed by atoms with Crippen molar-refractivity contribution in [3.63, 3.8) is 0 Å². The molecule has 130 valence electrons. The summed E-state index contributed by atoms with van der Waals surface area (Å²) in [7, 11) is 1.52. The summed E-state index contributed by atoms with van der Waals surface area (Å²) in [5.41, 5.74) is -0.000980. The quantitative estimate of drug-likeness (QED) is 0.864. The number of hydrogen-bond acceptors (Lipinski definition) is 5. The van der Waals surface area contributed by atoms with Crippen LogP contribution in [0.1, 0.15) is 32.4 Å². The van der Waals surface area contributed by atoms with Crippen LogP contribution in [-0.4, -0.2) is 47.1 Å². The van der Waals surface area contributed by atoms with Gasteiger partial charge in [0.15, 0.2) is 11.5 Å². The molecule has 6 nitrogen and oxygen atoms in total. The van der Waals surface area contributed by atoms with Crippen molar-refractivity contribution in [2.75, 3.05) is 20.3 Å². The Hall–Kier alpha value is -2.34. The lowest BCUT2D eigenvalue weighted by Gasteiger charge is -2.28. The van der Waals surface area contributed by atoms with Crippen LogP contribution in [0.15, 0.2) is 35.6 Å². The Labute approximate surface area is 141 Å². The Morgan fingerprint density at radius 3 is 2.29 bits per heavy atom. The fraction of sp³-hybridized carbons (Fsp3) is 0.444. The van der Waals surface area contributed by atoms with E-state index in [4.69, 9.17) is 4.74 Å². The predicted octanol–water partition coefficient (Wildman–Crippen LogP) is 2.35. The summed E-state index contributed by atoms with van der Waals surface area (Å²) >= 11 is 0. The molecule has 1 unspecified atom stereocenters. The first kappa shape index (κ1) is 18.0. The number of carbonyl (C=O) groups is 2. The highest BCUT2D eigenvalue weighted by molar-refractivity contribution is 6.10. The number of aromatic hydroxyl groups is 1. The normalized spacial score (nSPS) is 18.4. The van der Waals surface area contributed by atoms with Crippen LogP contribution in [0.2, 0.25) is 0 Å². The number of Topliss-reactive ketones (excluding diaryl/α,β-unsaturated/α-hetero) is 1. The topological polar surface area (TPSA) is 87.1 Å². The van der Waals surface area contributed by atoms with Gasteiger partial charge in [-0.2, -0.15) is 0 Å². The van der Waals surface area contributed by atoms with Crippen molar-refractivity contribution in [1.29, 1.82) is 0 Å². The van der Waals surface area contributed by atoms with Gasteiger partial charge in [-0.15, -0.1) is 0 Å². The zero-order valence-corrected chi connectivity index (χ0v) is 14.4. The lowest BCUT2D eigenvalue weighted by molar-refractivity contribution is -0.130. The maximum absolute atomic E-state index is 12.8. The third-order valence-corrected chi connectivity index (χ3v) is 3.97. The lowest BCUT2D eigenvalue weighted by Crippen LogP contribution is -2.35. The zero-order valence-electron chi connectivity index (χ0n) is 14.4. The second-order valence-corrected chi connectivity index (χ2v) is 6.83. The molecule has 1 aromatic rings. The summed E-state index contributed by atoms with van der Waals surface area (Å²) < 4.78 is 5.03. The number of phenolic OH excluding ortho intramolecular Hbond substituents is 1. The highest BCUT2D eigenvalue weighted by atomic mass is 16.5. The number of aliphatic hydroxyl groups excluding tert-OH is 1. The number of ether oxygens (including phenoxy) is 1. The van der Waals surface area contributed by atoms with E-state index in [1.165, 1.54) is 24.1 Å². The van der Waals surface area contributed by atoms with Gasteiger partial charge in [0.25, 0.3) is 5.91 Å². The zero-order chi connectivity index (χ0) is 18.1.